The second-order valence-corrected chi connectivity index (χ2v) is 4.29. The normalized spacial score (nSPS) is 10.7. The van der Waals surface area contributed by atoms with Crippen molar-refractivity contribution in [1.29, 1.82) is 0 Å². The van der Waals surface area contributed by atoms with Crippen LogP contribution >= 0.6 is 0 Å². The minimum Gasteiger partial charge on any atom is -0.384 e. The van der Waals surface area contributed by atoms with E-state index in [1.807, 2.05) is 0 Å². The summed E-state index contributed by atoms with van der Waals surface area (Å²) < 4.78 is 36.9. The SMILES string of the molecule is Cc1ccc(C(=O)N(C)CC(F)(F)F)c(C#CCO)c1. The summed E-state index contributed by atoms with van der Waals surface area (Å²) in [6, 6.07) is 4.65. The number of carbonyl (C=O) groups is 1. The summed E-state index contributed by atoms with van der Waals surface area (Å²) in [7, 11) is 1.08. The zero-order valence-corrected chi connectivity index (χ0v) is 11.1. The zero-order valence-electron chi connectivity index (χ0n) is 11.1. The minimum atomic E-state index is -4.45. The number of aliphatic hydroxyl groups is 1. The average Bonchev–Trinajstić information content (AvgIpc) is 2.33. The van der Waals surface area contributed by atoms with Crippen molar-refractivity contribution in [2.45, 2.75) is 13.1 Å². The van der Waals surface area contributed by atoms with Gasteiger partial charge in [0.25, 0.3) is 5.91 Å². The number of aryl methyl sites for hydroxylation is 1. The van der Waals surface area contributed by atoms with Gasteiger partial charge in [-0.05, 0) is 24.6 Å². The highest BCUT2D eigenvalue weighted by molar-refractivity contribution is 5.96. The molecule has 0 saturated carbocycles. The first kappa shape index (κ1) is 16.1. The fourth-order valence-corrected chi connectivity index (χ4v) is 1.63. The van der Waals surface area contributed by atoms with Gasteiger partial charge in [-0.25, -0.2) is 0 Å². The number of halogens is 3. The fourth-order valence-electron chi connectivity index (χ4n) is 1.63. The lowest BCUT2D eigenvalue weighted by molar-refractivity contribution is -0.138. The van der Waals surface area contributed by atoms with Crippen LogP contribution < -0.4 is 0 Å². The molecule has 1 aromatic rings. The van der Waals surface area contributed by atoms with Crippen LogP contribution in [0.3, 0.4) is 0 Å². The molecule has 0 bridgehead atoms. The quantitative estimate of drug-likeness (QED) is 0.844. The highest BCUT2D eigenvalue weighted by atomic mass is 19.4. The van der Waals surface area contributed by atoms with Crippen molar-refractivity contribution >= 4 is 5.91 Å². The summed E-state index contributed by atoms with van der Waals surface area (Å²) in [5.41, 5.74) is 1.21. The average molecular weight is 285 g/mol. The molecule has 3 nitrogen and oxygen atoms in total. The number of amides is 1. The number of aliphatic hydroxyl groups excluding tert-OH is 1. The van der Waals surface area contributed by atoms with Gasteiger partial charge in [-0.3, -0.25) is 4.79 Å². The van der Waals surface area contributed by atoms with E-state index in [2.05, 4.69) is 11.8 Å². The molecule has 0 unspecified atom stereocenters. The van der Waals surface area contributed by atoms with Crippen molar-refractivity contribution < 1.29 is 23.1 Å². The number of hydrogen-bond acceptors (Lipinski definition) is 2. The van der Waals surface area contributed by atoms with E-state index in [1.165, 1.54) is 6.07 Å². The molecular formula is C14H14F3NO2. The number of hydrogen-bond donors (Lipinski definition) is 1. The van der Waals surface area contributed by atoms with Crippen LogP contribution in [0.4, 0.5) is 13.2 Å². The van der Waals surface area contributed by atoms with Crippen molar-refractivity contribution in [2.75, 3.05) is 20.2 Å². The van der Waals surface area contributed by atoms with E-state index in [-0.39, 0.29) is 12.2 Å². The predicted octanol–water partition coefficient (Wildman–Crippen LogP) is 1.97. The maximum atomic E-state index is 12.3. The molecule has 20 heavy (non-hydrogen) atoms. The largest absolute Gasteiger partial charge is 0.406 e. The maximum absolute atomic E-state index is 12.3. The minimum absolute atomic E-state index is 0.0864. The molecule has 0 heterocycles. The maximum Gasteiger partial charge on any atom is 0.406 e. The first-order valence-electron chi connectivity index (χ1n) is 5.77. The molecule has 0 radical (unpaired) electrons. The van der Waals surface area contributed by atoms with Gasteiger partial charge in [0.2, 0.25) is 0 Å². The molecule has 0 fully saturated rings. The summed E-state index contributed by atoms with van der Waals surface area (Å²) in [6.45, 7) is 0.0599. The van der Waals surface area contributed by atoms with Gasteiger partial charge < -0.3 is 10.0 Å². The smallest absolute Gasteiger partial charge is 0.384 e. The van der Waals surface area contributed by atoms with E-state index in [0.29, 0.717) is 10.5 Å². The standard InChI is InChI=1S/C14H14F3NO2/c1-10-5-6-12(11(8-10)4-3-7-19)13(20)18(2)9-14(15,16)17/h5-6,8,19H,7,9H2,1-2H3. The van der Waals surface area contributed by atoms with E-state index >= 15 is 0 Å². The Morgan fingerprint density at radius 3 is 2.60 bits per heavy atom. The van der Waals surface area contributed by atoms with Crippen LogP contribution in [0.2, 0.25) is 0 Å². The van der Waals surface area contributed by atoms with Crippen molar-refractivity contribution in [2.24, 2.45) is 0 Å². The lowest BCUT2D eigenvalue weighted by atomic mass is 10.0. The van der Waals surface area contributed by atoms with E-state index in [0.717, 1.165) is 12.6 Å². The fraction of sp³-hybridized carbons (Fsp3) is 0.357. The van der Waals surface area contributed by atoms with Gasteiger partial charge in [0.1, 0.15) is 13.2 Å². The molecule has 0 atom stereocenters. The van der Waals surface area contributed by atoms with Crippen LogP contribution in [0.15, 0.2) is 18.2 Å². The van der Waals surface area contributed by atoms with E-state index in [4.69, 9.17) is 5.11 Å². The van der Waals surface area contributed by atoms with Crippen LogP contribution in [-0.2, 0) is 0 Å². The number of alkyl halides is 3. The second-order valence-electron chi connectivity index (χ2n) is 4.29. The monoisotopic (exact) mass is 285 g/mol. The number of rotatable bonds is 2. The third-order valence-electron chi connectivity index (χ3n) is 2.47. The van der Waals surface area contributed by atoms with Crippen LogP contribution in [0.1, 0.15) is 21.5 Å². The summed E-state index contributed by atoms with van der Waals surface area (Å²) in [6.07, 6.45) is -4.45. The molecule has 108 valence electrons. The summed E-state index contributed by atoms with van der Waals surface area (Å²) in [5, 5.41) is 8.67. The second kappa shape index (κ2) is 6.44. The third-order valence-corrected chi connectivity index (χ3v) is 2.47. The number of carbonyl (C=O) groups excluding carboxylic acids is 1. The Kier molecular flexibility index (Phi) is 5.17. The molecule has 1 aromatic carbocycles. The summed E-state index contributed by atoms with van der Waals surface area (Å²) in [5.74, 6) is 4.20. The Morgan fingerprint density at radius 2 is 2.05 bits per heavy atom. The zero-order chi connectivity index (χ0) is 15.3. The Balaban J connectivity index is 3.09. The first-order chi connectivity index (χ1) is 9.24. The first-order valence-corrected chi connectivity index (χ1v) is 5.77. The van der Waals surface area contributed by atoms with Crippen molar-refractivity contribution in [1.82, 2.24) is 4.90 Å². The van der Waals surface area contributed by atoms with Gasteiger partial charge in [0.15, 0.2) is 0 Å². The van der Waals surface area contributed by atoms with Crippen LogP contribution in [-0.4, -0.2) is 42.3 Å². The molecule has 1 amide bonds. The van der Waals surface area contributed by atoms with Crippen LogP contribution in [0.25, 0.3) is 0 Å². The predicted molar refractivity (Wildman–Crippen MR) is 68.2 cm³/mol. The number of nitrogens with zero attached hydrogens (tertiary/aromatic N) is 1. The highest BCUT2D eigenvalue weighted by Crippen LogP contribution is 2.18. The number of benzene rings is 1. The molecule has 6 heteroatoms. The summed E-state index contributed by atoms with van der Waals surface area (Å²) in [4.78, 5) is 12.6. The van der Waals surface area contributed by atoms with Crippen molar-refractivity contribution in [3.05, 3.63) is 34.9 Å². The van der Waals surface area contributed by atoms with Gasteiger partial charge in [0.05, 0.1) is 5.56 Å². The Bertz CT molecular complexity index is 556. The molecule has 0 spiro atoms. The highest BCUT2D eigenvalue weighted by Gasteiger charge is 2.31. The lowest BCUT2D eigenvalue weighted by Crippen LogP contribution is -2.36. The lowest BCUT2D eigenvalue weighted by Gasteiger charge is -2.19. The van der Waals surface area contributed by atoms with E-state index in [1.54, 1.807) is 19.1 Å². The topological polar surface area (TPSA) is 40.5 Å². The molecule has 1 rings (SSSR count). The van der Waals surface area contributed by atoms with Crippen LogP contribution in [0.5, 0.6) is 0 Å². The van der Waals surface area contributed by atoms with E-state index < -0.39 is 18.6 Å². The summed E-state index contributed by atoms with van der Waals surface area (Å²) >= 11 is 0. The molecular weight excluding hydrogens is 271 g/mol. The van der Waals surface area contributed by atoms with Gasteiger partial charge in [-0.2, -0.15) is 13.2 Å². The Hall–Kier alpha value is -2.00. The van der Waals surface area contributed by atoms with E-state index in [9.17, 15) is 18.0 Å². The molecule has 0 aliphatic carbocycles. The van der Waals surface area contributed by atoms with Crippen molar-refractivity contribution in [3.63, 3.8) is 0 Å². The van der Waals surface area contributed by atoms with Gasteiger partial charge in [-0.15, -0.1) is 0 Å². The molecule has 0 aromatic heterocycles. The third kappa shape index (κ3) is 4.59. The van der Waals surface area contributed by atoms with Crippen molar-refractivity contribution in [3.8, 4) is 11.8 Å². The van der Waals surface area contributed by atoms with Gasteiger partial charge >= 0.3 is 6.18 Å². The van der Waals surface area contributed by atoms with Gasteiger partial charge in [-0.1, -0.05) is 17.9 Å². The Morgan fingerprint density at radius 1 is 1.40 bits per heavy atom. The molecule has 0 saturated heterocycles. The Labute approximate surface area is 115 Å². The molecule has 0 aliphatic rings. The molecule has 1 N–H and O–H groups in total. The van der Waals surface area contributed by atoms with Gasteiger partial charge in [0, 0.05) is 12.6 Å². The molecule has 0 aliphatic heterocycles. The van der Waals surface area contributed by atoms with Crippen LogP contribution in [0, 0.1) is 18.8 Å².